The topological polar surface area (TPSA) is 61.9 Å². The van der Waals surface area contributed by atoms with Crippen molar-refractivity contribution in [3.63, 3.8) is 0 Å². The molecule has 1 aliphatic rings. The SMILES string of the molecule is CNC(=O)C1CCN(CC(=O)N(C)Cc2cccc(OC)c2)CC1. The highest BCUT2D eigenvalue weighted by atomic mass is 16.5. The molecule has 0 aromatic heterocycles. The molecule has 1 aliphatic heterocycles. The number of likely N-dealkylation sites (tertiary alicyclic amines) is 1. The van der Waals surface area contributed by atoms with Crippen LogP contribution in [0.3, 0.4) is 0 Å². The predicted octanol–water partition coefficient (Wildman–Crippen LogP) is 1.11. The third kappa shape index (κ3) is 4.96. The van der Waals surface area contributed by atoms with E-state index in [1.54, 1.807) is 19.1 Å². The molecule has 0 unspecified atom stereocenters. The number of rotatable bonds is 6. The molecule has 24 heavy (non-hydrogen) atoms. The van der Waals surface area contributed by atoms with E-state index in [0.29, 0.717) is 13.1 Å². The molecule has 6 heteroatoms. The van der Waals surface area contributed by atoms with Crippen LogP contribution < -0.4 is 10.1 Å². The first kappa shape index (κ1) is 18.3. The van der Waals surface area contributed by atoms with Gasteiger partial charge in [-0.05, 0) is 43.6 Å². The van der Waals surface area contributed by atoms with Crippen LogP contribution in [0, 0.1) is 5.92 Å². The van der Waals surface area contributed by atoms with E-state index >= 15 is 0 Å². The molecule has 0 bridgehead atoms. The largest absolute Gasteiger partial charge is 0.497 e. The maximum atomic E-state index is 12.4. The van der Waals surface area contributed by atoms with Crippen LogP contribution in [0.15, 0.2) is 24.3 Å². The zero-order valence-corrected chi connectivity index (χ0v) is 14.7. The van der Waals surface area contributed by atoms with E-state index in [9.17, 15) is 9.59 Å². The van der Waals surface area contributed by atoms with Crippen molar-refractivity contribution in [1.82, 2.24) is 15.1 Å². The smallest absolute Gasteiger partial charge is 0.236 e. The highest BCUT2D eigenvalue weighted by Gasteiger charge is 2.25. The van der Waals surface area contributed by atoms with Crippen molar-refractivity contribution in [3.8, 4) is 5.75 Å². The number of likely N-dealkylation sites (N-methyl/N-ethyl adjacent to an activating group) is 1. The molecule has 1 aromatic rings. The Kier molecular flexibility index (Phi) is 6.61. The molecule has 1 heterocycles. The summed E-state index contributed by atoms with van der Waals surface area (Å²) in [7, 11) is 5.13. The molecule has 0 spiro atoms. The molecule has 0 aliphatic carbocycles. The van der Waals surface area contributed by atoms with Gasteiger partial charge in [0.05, 0.1) is 13.7 Å². The van der Waals surface area contributed by atoms with E-state index in [2.05, 4.69) is 10.2 Å². The van der Waals surface area contributed by atoms with Crippen molar-refractivity contribution in [2.24, 2.45) is 5.92 Å². The third-order valence-corrected chi connectivity index (χ3v) is 4.54. The predicted molar refractivity (Wildman–Crippen MR) is 92.7 cm³/mol. The molecule has 2 amide bonds. The Labute approximate surface area is 143 Å². The van der Waals surface area contributed by atoms with Gasteiger partial charge in [0.25, 0.3) is 0 Å². The maximum absolute atomic E-state index is 12.4. The number of amides is 2. The molecule has 0 atom stereocenters. The molecule has 1 aromatic carbocycles. The lowest BCUT2D eigenvalue weighted by Crippen LogP contribution is -2.44. The summed E-state index contributed by atoms with van der Waals surface area (Å²) in [5, 5.41) is 2.70. The summed E-state index contributed by atoms with van der Waals surface area (Å²) in [5.74, 6) is 1.08. The van der Waals surface area contributed by atoms with E-state index in [1.165, 1.54) is 0 Å². The standard InChI is InChI=1S/C18H27N3O3/c1-19-18(23)15-7-9-21(10-8-15)13-17(22)20(2)12-14-5-4-6-16(11-14)24-3/h4-6,11,15H,7-10,12-13H2,1-3H3,(H,19,23). The summed E-state index contributed by atoms with van der Waals surface area (Å²) >= 11 is 0. The second kappa shape index (κ2) is 8.68. The molecular weight excluding hydrogens is 306 g/mol. The molecule has 2 rings (SSSR count). The van der Waals surface area contributed by atoms with Crippen LogP contribution in [-0.4, -0.2) is 62.5 Å². The van der Waals surface area contributed by atoms with Gasteiger partial charge in [-0.25, -0.2) is 0 Å². The van der Waals surface area contributed by atoms with Crippen LogP contribution in [0.1, 0.15) is 18.4 Å². The number of hydrogen-bond donors (Lipinski definition) is 1. The number of piperidine rings is 1. The van der Waals surface area contributed by atoms with Gasteiger partial charge in [0, 0.05) is 26.6 Å². The zero-order chi connectivity index (χ0) is 17.5. The average Bonchev–Trinajstić information content (AvgIpc) is 2.61. The number of nitrogens with zero attached hydrogens (tertiary/aromatic N) is 2. The van der Waals surface area contributed by atoms with Crippen molar-refractivity contribution in [3.05, 3.63) is 29.8 Å². The maximum Gasteiger partial charge on any atom is 0.236 e. The fourth-order valence-electron chi connectivity index (χ4n) is 3.00. The van der Waals surface area contributed by atoms with Gasteiger partial charge in [0.15, 0.2) is 0 Å². The first-order valence-electron chi connectivity index (χ1n) is 8.34. The zero-order valence-electron chi connectivity index (χ0n) is 14.7. The van der Waals surface area contributed by atoms with Crippen LogP contribution in [-0.2, 0) is 16.1 Å². The highest BCUT2D eigenvalue weighted by molar-refractivity contribution is 5.79. The molecule has 1 N–H and O–H groups in total. The van der Waals surface area contributed by atoms with Crippen LogP contribution in [0.25, 0.3) is 0 Å². The average molecular weight is 333 g/mol. The van der Waals surface area contributed by atoms with Crippen LogP contribution in [0.4, 0.5) is 0 Å². The molecule has 0 saturated carbocycles. The van der Waals surface area contributed by atoms with Gasteiger partial charge in [-0.1, -0.05) is 12.1 Å². The summed E-state index contributed by atoms with van der Waals surface area (Å²) in [6, 6.07) is 7.75. The van der Waals surface area contributed by atoms with E-state index < -0.39 is 0 Å². The second-order valence-corrected chi connectivity index (χ2v) is 6.27. The molecule has 132 valence electrons. The monoisotopic (exact) mass is 333 g/mol. The summed E-state index contributed by atoms with van der Waals surface area (Å²) < 4.78 is 5.21. The summed E-state index contributed by atoms with van der Waals surface area (Å²) in [4.78, 5) is 27.9. The molecule has 1 saturated heterocycles. The Morgan fingerprint density at radius 1 is 1.33 bits per heavy atom. The Hall–Kier alpha value is -2.08. The summed E-state index contributed by atoms with van der Waals surface area (Å²) in [6.45, 7) is 2.54. The Morgan fingerprint density at radius 3 is 2.67 bits per heavy atom. The van der Waals surface area contributed by atoms with Crippen LogP contribution in [0.5, 0.6) is 5.75 Å². The normalized spacial score (nSPS) is 15.8. The van der Waals surface area contributed by atoms with Crippen LogP contribution in [0.2, 0.25) is 0 Å². The number of methoxy groups -OCH3 is 1. The van der Waals surface area contributed by atoms with Gasteiger partial charge in [-0.2, -0.15) is 0 Å². The number of ether oxygens (including phenoxy) is 1. The van der Waals surface area contributed by atoms with Gasteiger partial charge in [0.1, 0.15) is 5.75 Å². The van der Waals surface area contributed by atoms with Gasteiger partial charge in [0.2, 0.25) is 11.8 Å². The first-order chi connectivity index (χ1) is 11.5. The fraction of sp³-hybridized carbons (Fsp3) is 0.556. The molecule has 0 radical (unpaired) electrons. The molecule has 1 fully saturated rings. The van der Waals surface area contributed by atoms with E-state index in [1.807, 2.05) is 31.3 Å². The molecular formula is C18H27N3O3. The Morgan fingerprint density at radius 2 is 2.04 bits per heavy atom. The van der Waals surface area contributed by atoms with Gasteiger partial charge in [-0.3, -0.25) is 14.5 Å². The van der Waals surface area contributed by atoms with Crippen molar-refractivity contribution in [1.29, 1.82) is 0 Å². The lowest BCUT2D eigenvalue weighted by molar-refractivity contribution is -0.132. The Bertz CT molecular complexity index is 568. The minimum atomic E-state index is 0.0795. The lowest BCUT2D eigenvalue weighted by atomic mass is 9.96. The number of hydrogen-bond acceptors (Lipinski definition) is 4. The van der Waals surface area contributed by atoms with Crippen molar-refractivity contribution >= 4 is 11.8 Å². The Balaban J connectivity index is 1.80. The minimum absolute atomic E-state index is 0.0795. The molecule has 6 nitrogen and oxygen atoms in total. The summed E-state index contributed by atoms with van der Waals surface area (Å²) in [5.41, 5.74) is 1.04. The van der Waals surface area contributed by atoms with E-state index in [4.69, 9.17) is 4.74 Å². The fourth-order valence-corrected chi connectivity index (χ4v) is 3.00. The second-order valence-electron chi connectivity index (χ2n) is 6.27. The lowest BCUT2D eigenvalue weighted by Gasteiger charge is -2.31. The quantitative estimate of drug-likeness (QED) is 0.847. The van der Waals surface area contributed by atoms with Gasteiger partial charge >= 0.3 is 0 Å². The van der Waals surface area contributed by atoms with Gasteiger partial charge in [-0.15, -0.1) is 0 Å². The number of carbonyl (C=O) groups excluding carboxylic acids is 2. The highest BCUT2D eigenvalue weighted by Crippen LogP contribution is 2.18. The number of carbonyl (C=O) groups is 2. The van der Waals surface area contributed by atoms with Crippen molar-refractivity contribution in [2.45, 2.75) is 19.4 Å². The third-order valence-electron chi connectivity index (χ3n) is 4.54. The van der Waals surface area contributed by atoms with Crippen LogP contribution >= 0.6 is 0 Å². The number of nitrogens with one attached hydrogen (secondary N) is 1. The van der Waals surface area contributed by atoms with E-state index in [0.717, 1.165) is 37.2 Å². The van der Waals surface area contributed by atoms with Crippen molar-refractivity contribution < 1.29 is 14.3 Å². The number of benzene rings is 1. The van der Waals surface area contributed by atoms with E-state index in [-0.39, 0.29) is 17.7 Å². The first-order valence-corrected chi connectivity index (χ1v) is 8.34. The summed E-state index contributed by atoms with van der Waals surface area (Å²) in [6.07, 6.45) is 1.62. The minimum Gasteiger partial charge on any atom is -0.497 e. The van der Waals surface area contributed by atoms with Crippen molar-refractivity contribution in [2.75, 3.05) is 40.8 Å². The van der Waals surface area contributed by atoms with Gasteiger partial charge < -0.3 is 15.0 Å².